The second kappa shape index (κ2) is 6.38. The average Bonchev–Trinajstić information content (AvgIpc) is 2.51. The normalized spacial score (nSPS) is 25.2. The number of nitrogens with zero attached hydrogens (tertiary/aromatic N) is 2. The van der Waals surface area contributed by atoms with Gasteiger partial charge in [0.15, 0.2) is 0 Å². The maximum Gasteiger partial charge on any atom is 0.129 e. The maximum absolute atomic E-state index is 4.62. The summed E-state index contributed by atoms with van der Waals surface area (Å²) in [4.78, 5) is 7.20. The van der Waals surface area contributed by atoms with E-state index in [2.05, 4.69) is 27.3 Å². The molecule has 3 nitrogen and oxygen atoms in total. The van der Waals surface area contributed by atoms with Crippen LogP contribution in [0.2, 0.25) is 0 Å². The molecule has 0 aromatic carbocycles. The van der Waals surface area contributed by atoms with Crippen LogP contribution in [0.1, 0.15) is 51.4 Å². The number of aromatic nitrogens is 1. The third kappa shape index (κ3) is 3.08. The van der Waals surface area contributed by atoms with E-state index in [0.29, 0.717) is 12.2 Å². The highest BCUT2D eigenvalue weighted by molar-refractivity contribution is 5.40. The van der Waals surface area contributed by atoms with E-state index in [1.807, 2.05) is 12.3 Å². The van der Waals surface area contributed by atoms with Gasteiger partial charge in [-0.15, -0.1) is 0 Å². The fraction of sp³-hybridized carbons (Fsp3) is 0.688. The lowest BCUT2D eigenvalue weighted by Crippen LogP contribution is -2.53. The first kappa shape index (κ1) is 12.9. The average molecular weight is 259 g/mol. The van der Waals surface area contributed by atoms with Gasteiger partial charge in [0.1, 0.15) is 5.82 Å². The number of nitrogens with one attached hydrogen (secondary N) is 1. The van der Waals surface area contributed by atoms with E-state index in [1.54, 1.807) is 0 Å². The Hall–Kier alpha value is -1.09. The summed E-state index contributed by atoms with van der Waals surface area (Å²) in [6.07, 6.45) is 13.1. The van der Waals surface area contributed by atoms with Crippen LogP contribution in [0.3, 0.4) is 0 Å². The molecule has 0 spiro atoms. The van der Waals surface area contributed by atoms with Crippen LogP contribution in [0.15, 0.2) is 24.4 Å². The standard InChI is InChI=1S/C16H25N3/c1-2-8-14(9-3-1)19(15-10-4-6-12-17-15)16-11-5-7-13-18-16/h4,6,10,12,14,16,18H,1-3,5,7-9,11,13H2/t16-/m0/s1. The van der Waals surface area contributed by atoms with Crippen molar-refractivity contribution in [3.8, 4) is 0 Å². The van der Waals surface area contributed by atoms with Crippen molar-refractivity contribution in [1.29, 1.82) is 0 Å². The molecule has 1 aliphatic heterocycles. The van der Waals surface area contributed by atoms with E-state index in [0.717, 1.165) is 12.4 Å². The van der Waals surface area contributed by atoms with Crippen molar-refractivity contribution in [2.75, 3.05) is 11.4 Å². The number of piperidine rings is 1. The largest absolute Gasteiger partial charge is 0.338 e. The topological polar surface area (TPSA) is 28.2 Å². The van der Waals surface area contributed by atoms with Gasteiger partial charge >= 0.3 is 0 Å². The number of anilines is 1. The molecule has 0 bridgehead atoms. The summed E-state index contributed by atoms with van der Waals surface area (Å²) in [5.41, 5.74) is 0. The van der Waals surface area contributed by atoms with Crippen LogP contribution in [0, 0.1) is 0 Å². The van der Waals surface area contributed by atoms with E-state index in [9.17, 15) is 0 Å². The molecule has 19 heavy (non-hydrogen) atoms. The minimum atomic E-state index is 0.492. The highest BCUT2D eigenvalue weighted by atomic mass is 15.3. The first-order valence-electron chi connectivity index (χ1n) is 7.88. The molecule has 3 rings (SSSR count). The Morgan fingerprint density at radius 2 is 1.84 bits per heavy atom. The van der Waals surface area contributed by atoms with Crippen LogP contribution >= 0.6 is 0 Å². The van der Waals surface area contributed by atoms with Crippen molar-refractivity contribution in [2.45, 2.75) is 63.6 Å². The monoisotopic (exact) mass is 259 g/mol. The van der Waals surface area contributed by atoms with Gasteiger partial charge in [-0.2, -0.15) is 0 Å². The van der Waals surface area contributed by atoms with Crippen LogP contribution in [0.25, 0.3) is 0 Å². The predicted molar refractivity (Wildman–Crippen MR) is 79.2 cm³/mol. The zero-order valence-electron chi connectivity index (χ0n) is 11.7. The van der Waals surface area contributed by atoms with Gasteiger partial charge in [-0.25, -0.2) is 4.98 Å². The van der Waals surface area contributed by atoms with Gasteiger partial charge in [0, 0.05) is 12.2 Å². The van der Waals surface area contributed by atoms with Gasteiger partial charge in [-0.05, 0) is 50.8 Å². The molecule has 2 aliphatic rings. The lowest BCUT2D eigenvalue weighted by atomic mass is 9.93. The lowest BCUT2D eigenvalue weighted by molar-refractivity contribution is 0.319. The van der Waals surface area contributed by atoms with E-state index in [1.165, 1.54) is 51.4 Å². The van der Waals surface area contributed by atoms with Gasteiger partial charge in [0.2, 0.25) is 0 Å². The maximum atomic E-state index is 4.62. The Morgan fingerprint density at radius 1 is 1.00 bits per heavy atom. The minimum Gasteiger partial charge on any atom is -0.338 e. The molecular formula is C16H25N3. The zero-order chi connectivity index (χ0) is 12.9. The molecule has 2 heterocycles. The molecule has 3 heteroatoms. The number of hydrogen-bond donors (Lipinski definition) is 1. The van der Waals surface area contributed by atoms with Crippen molar-refractivity contribution in [2.24, 2.45) is 0 Å². The second-order valence-electron chi connectivity index (χ2n) is 5.85. The van der Waals surface area contributed by atoms with Crippen molar-refractivity contribution in [3.63, 3.8) is 0 Å². The van der Waals surface area contributed by atoms with E-state index < -0.39 is 0 Å². The molecule has 0 unspecified atom stereocenters. The van der Waals surface area contributed by atoms with Crippen LogP contribution in [0.5, 0.6) is 0 Å². The Labute approximate surface area is 116 Å². The Morgan fingerprint density at radius 3 is 2.53 bits per heavy atom. The molecule has 1 N–H and O–H groups in total. The lowest BCUT2D eigenvalue weighted by Gasteiger charge is -2.42. The van der Waals surface area contributed by atoms with E-state index in [-0.39, 0.29) is 0 Å². The third-order valence-electron chi connectivity index (χ3n) is 4.50. The smallest absolute Gasteiger partial charge is 0.129 e. The summed E-state index contributed by atoms with van der Waals surface area (Å²) >= 11 is 0. The molecule has 1 saturated heterocycles. The number of pyridine rings is 1. The van der Waals surface area contributed by atoms with Crippen molar-refractivity contribution in [1.82, 2.24) is 10.3 Å². The first-order chi connectivity index (χ1) is 9.45. The predicted octanol–water partition coefficient (Wildman–Crippen LogP) is 3.32. The van der Waals surface area contributed by atoms with Gasteiger partial charge in [0.25, 0.3) is 0 Å². The number of rotatable bonds is 3. The highest BCUT2D eigenvalue weighted by Gasteiger charge is 2.29. The SMILES string of the molecule is c1ccc(N(C2CCCCC2)[C@H]2CCCCN2)nc1. The number of hydrogen-bond acceptors (Lipinski definition) is 3. The van der Waals surface area contributed by atoms with Crippen LogP contribution in [-0.2, 0) is 0 Å². The summed E-state index contributed by atoms with van der Waals surface area (Å²) in [5.74, 6) is 1.16. The summed E-state index contributed by atoms with van der Waals surface area (Å²) < 4.78 is 0. The minimum absolute atomic E-state index is 0.492. The second-order valence-corrected chi connectivity index (χ2v) is 5.85. The molecule has 0 amide bonds. The van der Waals surface area contributed by atoms with Crippen molar-refractivity contribution in [3.05, 3.63) is 24.4 Å². The fourth-order valence-electron chi connectivity index (χ4n) is 3.54. The fourth-order valence-corrected chi connectivity index (χ4v) is 3.54. The Kier molecular flexibility index (Phi) is 4.34. The Balaban J connectivity index is 1.81. The summed E-state index contributed by atoms with van der Waals surface area (Å²) in [6.45, 7) is 1.15. The van der Waals surface area contributed by atoms with Gasteiger partial charge in [-0.1, -0.05) is 25.3 Å². The summed E-state index contributed by atoms with van der Waals surface area (Å²) in [6, 6.07) is 6.97. The van der Waals surface area contributed by atoms with Crippen molar-refractivity contribution >= 4 is 5.82 Å². The van der Waals surface area contributed by atoms with Gasteiger partial charge < -0.3 is 4.90 Å². The Bertz CT molecular complexity index is 349. The zero-order valence-corrected chi connectivity index (χ0v) is 11.7. The molecule has 1 aromatic heterocycles. The van der Waals surface area contributed by atoms with Crippen LogP contribution in [-0.4, -0.2) is 23.7 Å². The molecule has 1 atom stereocenters. The van der Waals surface area contributed by atoms with Crippen LogP contribution < -0.4 is 10.2 Å². The highest BCUT2D eigenvalue weighted by Crippen LogP contribution is 2.29. The first-order valence-corrected chi connectivity index (χ1v) is 7.88. The molecule has 2 fully saturated rings. The van der Waals surface area contributed by atoms with Gasteiger partial charge in [0.05, 0.1) is 6.17 Å². The van der Waals surface area contributed by atoms with E-state index >= 15 is 0 Å². The molecule has 0 radical (unpaired) electrons. The third-order valence-corrected chi connectivity index (χ3v) is 4.50. The van der Waals surface area contributed by atoms with Gasteiger partial charge in [-0.3, -0.25) is 5.32 Å². The quantitative estimate of drug-likeness (QED) is 0.902. The molecule has 1 aromatic rings. The van der Waals surface area contributed by atoms with Crippen LogP contribution in [0.4, 0.5) is 5.82 Å². The summed E-state index contributed by atoms with van der Waals surface area (Å²) in [5, 5.41) is 3.70. The summed E-state index contributed by atoms with van der Waals surface area (Å²) in [7, 11) is 0. The molecule has 1 saturated carbocycles. The molecule has 104 valence electrons. The van der Waals surface area contributed by atoms with E-state index in [4.69, 9.17) is 0 Å². The molecule has 1 aliphatic carbocycles. The van der Waals surface area contributed by atoms with Crippen molar-refractivity contribution < 1.29 is 0 Å². The molecular weight excluding hydrogens is 234 g/mol.